The van der Waals surface area contributed by atoms with E-state index in [2.05, 4.69) is 41.1 Å². The molecule has 0 aromatic heterocycles. The number of halogens is 1. The predicted octanol–water partition coefficient (Wildman–Crippen LogP) is 3.73. The highest BCUT2D eigenvalue weighted by Crippen LogP contribution is 2.38. The van der Waals surface area contributed by atoms with E-state index in [9.17, 15) is 0 Å². The Labute approximate surface area is 136 Å². The molecule has 3 nitrogen and oxygen atoms in total. The highest BCUT2D eigenvalue weighted by atomic mass is 79.9. The molecule has 1 fully saturated rings. The van der Waals surface area contributed by atoms with Crippen molar-refractivity contribution in [1.82, 2.24) is 0 Å². The molecule has 0 amide bonds. The molecule has 0 spiro atoms. The van der Waals surface area contributed by atoms with Gasteiger partial charge in [0, 0.05) is 11.0 Å². The lowest BCUT2D eigenvalue weighted by atomic mass is 9.77. The Balaban J connectivity index is 2.31. The molecule has 5 heteroatoms. The van der Waals surface area contributed by atoms with Gasteiger partial charge in [0.15, 0.2) is 0 Å². The highest BCUT2D eigenvalue weighted by Gasteiger charge is 2.52. The van der Waals surface area contributed by atoms with Crippen molar-refractivity contribution in [3.8, 4) is 0 Å². The maximum Gasteiger partial charge on any atom is 0.491 e. The van der Waals surface area contributed by atoms with E-state index in [1.807, 2.05) is 33.8 Å². The second-order valence-corrected chi connectivity index (χ2v) is 7.43. The van der Waals surface area contributed by atoms with E-state index in [0.29, 0.717) is 6.54 Å². The van der Waals surface area contributed by atoms with Crippen LogP contribution in [0.25, 0.3) is 6.08 Å². The van der Waals surface area contributed by atoms with Crippen LogP contribution in [0.4, 0.5) is 0 Å². The third-order valence-electron chi connectivity index (χ3n) is 4.36. The van der Waals surface area contributed by atoms with Gasteiger partial charge in [0.05, 0.1) is 11.2 Å². The lowest BCUT2D eigenvalue weighted by Crippen LogP contribution is -2.41. The fraction of sp³-hybridized carbons (Fsp3) is 0.500. The standard InChI is InChI=1S/C16H23BBrNO2/c1-11-8-14(18)7-6-12(11)9-13(10-19)17-20-15(2,3)16(4,5)21-17/h6-9H,10,19H2,1-5H3. The van der Waals surface area contributed by atoms with E-state index >= 15 is 0 Å². The molecule has 0 atom stereocenters. The van der Waals surface area contributed by atoms with Gasteiger partial charge in [-0.3, -0.25) is 0 Å². The topological polar surface area (TPSA) is 44.5 Å². The zero-order valence-corrected chi connectivity index (χ0v) is 15.0. The summed E-state index contributed by atoms with van der Waals surface area (Å²) in [5.74, 6) is 0. The average Bonchev–Trinajstić information content (AvgIpc) is 2.57. The molecule has 0 aliphatic carbocycles. The molecule has 2 rings (SSSR count). The van der Waals surface area contributed by atoms with Crippen LogP contribution in [-0.4, -0.2) is 24.9 Å². The van der Waals surface area contributed by atoms with Gasteiger partial charge in [-0.25, -0.2) is 0 Å². The second kappa shape index (κ2) is 5.88. The summed E-state index contributed by atoms with van der Waals surface area (Å²) in [6.07, 6.45) is 2.07. The van der Waals surface area contributed by atoms with Gasteiger partial charge >= 0.3 is 7.12 Å². The molecule has 114 valence electrons. The number of hydrogen-bond donors (Lipinski definition) is 1. The van der Waals surface area contributed by atoms with Crippen LogP contribution in [0.15, 0.2) is 28.1 Å². The van der Waals surface area contributed by atoms with E-state index in [1.165, 1.54) is 5.56 Å². The Morgan fingerprint density at radius 1 is 1.24 bits per heavy atom. The zero-order chi connectivity index (χ0) is 15.8. The minimum Gasteiger partial charge on any atom is -0.400 e. The van der Waals surface area contributed by atoms with E-state index in [1.54, 1.807) is 0 Å². The van der Waals surface area contributed by atoms with Crippen LogP contribution in [0, 0.1) is 6.92 Å². The molecule has 0 unspecified atom stereocenters. The van der Waals surface area contributed by atoms with E-state index in [4.69, 9.17) is 15.0 Å². The third-order valence-corrected chi connectivity index (χ3v) is 4.86. The molecule has 1 aromatic rings. The maximum absolute atomic E-state index is 6.07. The van der Waals surface area contributed by atoms with Gasteiger partial charge in [-0.2, -0.15) is 0 Å². The molecular formula is C16H23BBrNO2. The fourth-order valence-electron chi connectivity index (χ4n) is 2.22. The fourth-order valence-corrected chi connectivity index (χ4v) is 2.69. The summed E-state index contributed by atoms with van der Waals surface area (Å²) >= 11 is 3.48. The summed E-state index contributed by atoms with van der Waals surface area (Å²) in [4.78, 5) is 0. The summed E-state index contributed by atoms with van der Waals surface area (Å²) < 4.78 is 13.2. The first-order valence-corrected chi connectivity index (χ1v) is 7.98. The summed E-state index contributed by atoms with van der Waals surface area (Å²) in [6, 6.07) is 6.18. The minimum atomic E-state index is -0.386. The number of benzene rings is 1. The molecule has 1 aromatic carbocycles. The van der Waals surface area contributed by atoms with Crippen LogP contribution in [-0.2, 0) is 9.31 Å². The van der Waals surface area contributed by atoms with Crippen molar-refractivity contribution in [2.75, 3.05) is 6.54 Å². The Morgan fingerprint density at radius 3 is 2.29 bits per heavy atom. The van der Waals surface area contributed by atoms with Crippen molar-refractivity contribution in [2.45, 2.75) is 45.8 Å². The zero-order valence-electron chi connectivity index (χ0n) is 13.4. The van der Waals surface area contributed by atoms with Crippen molar-refractivity contribution >= 4 is 29.1 Å². The van der Waals surface area contributed by atoms with Crippen LogP contribution in [0.5, 0.6) is 0 Å². The number of nitrogens with two attached hydrogens (primary N) is 1. The Hall–Kier alpha value is -0.615. The maximum atomic E-state index is 6.07. The van der Waals surface area contributed by atoms with Crippen molar-refractivity contribution in [1.29, 1.82) is 0 Å². The van der Waals surface area contributed by atoms with Crippen LogP contribution in [0.1, 0.15) is 38.8 Å². The molecule has 1 saturated heterocycles. The highest BCUT2D eigenvalue weighted by molar-refractivity contribution is 9.10. The van der Waals surface area contributed by atoms with E-state index in [0.717, 1.165) is 15.5 Å². The first-order chi connectivity index (χ1) is 9.66. The molecule has 21 heavy (non-hydrogen) atoms. The molecule has 0 saturated carbocycles. The van der Waals surface area contributed by atoms with Crippen molar-refractivity contribution in [3.63, 3.8) is 0 Å². The molecule has 2 N–H and O–H groups in total. The van der Waals surface area contributed by atoms with Crippen LogP contribution >= 0.6 is 15.9 Å². The monoisotopic (exact) mass is 351 g/mol. The molecular weight excluding hydrogens is 329 g/mol. The van der Waals surface area contributed by atoms with Gasteiger partial charge in [0.25, 0.3) is 0 Å². The van der Waals surface area contributed by atoms with Crippen molar-refractivity contribution in [2.24, 2.45) is 5.73 Å². The predicted molar refractivity (Wildman–Crippen MR) is 92.0 cm³/mol. The average molecular weight is 352 g/mol. The van der Waals surface area contributed by atoms with Crippen molar-refractivity contribution < 1.29 is 9.31 Å². The summed E-state index contributed by atoms with van der Waals surface area (Å²) in [6.45, 7) is 10.7. The number of hydrogen-bond acceptors (Lipinski definition) is 3. The van der Waals surface area contributed by atoms with Gasteiger partial charge in [0.1, 0.15) is 0 Å². The van der Waals surface area contributed by atoms with E-state index in [-0.39, 0.29) is 18.3 Å². The lowest BCUT2D eigenvalue weighted by molar-refractivity contribution is 0.00578. The van der Waals surface area contributed by atoms with Gasteiger partial charge in [-0.15, -0.1) is 0 Å². The molecule has 0 bridgehead atoms. The Morgan fingerprint density at radius 2 is 1.81 bits per heavy atom. The second-order valence-electron chi connectivity index (χ2n) is 6.51. The molecule has 1 heterocycles. The summed E-state index contributed by atoms with van der Waals surface area (Å²) in [7, 11) is -0.386. The largest absolute Gasteiger partial charge is 0.491 e. The smallest absolute Gasteiger partial charge is 0.400 e. The van der Waals surface area contributed by atoms with Gasteiger partial charge in [0.2, 0.25) is 0 Å². The third kappa shape index (κ3) is 3.42. The minimum absolute atomic E-state index is 0.347. The SMILES string of the molecule is Cc1cc(Br)ccc1C=C(CN)B1OC(C)(C)C(C)(C)O1. The quantitative estimate of drug-likeness (QED) is 0.844. The Bertz CT molecular complexity index is 553. The van der Waals surface area contributed by atoms with Gasteiger partial charge < -0.3 is 15.0 Å². The van der Waals surface area contributed by atoms with Gasteiger partial charge in [-0.05, 0) is 63.4 Å². The van der Waals surface area contributed by atoms with Crippen LogP contribution in [0.2, 0.25) is 0 Å². The molecule has 1 aliphatic heterocycles. The molecule has 1 aliphatic rings. The number of aryl methyl sites for hydroxylation is 1. The summed E-state index contributed by atoms with van der Waals surface area (Å²) in [5.41, 5.74) is 8.50. The van der Waals surface area contributed by atoms with Crippen LogP contribution in [0.3, 0.4) is 0 Å². The van der Waals surface area contributed by atoms with E-state index < -0.39 is 0 Å². The summed E-state index contributed by atoms with van der Waals surface area (Å²) in [5, 5.41) is 0. The normalized spacial score (nSPS) is 20.9. The first kappa shape index (κ1) is 16.8. The van der Waals surface area contributed by atoms with Gasteiger partial charge in [-0.1, -0.05) is 28.1 Å². The van der Waals surface area contributed by atoms with Crippen molar-refractivity contribution in [3.05, 3.63) is 39.3 Å². The van der Waals surface area contributed by atoms with Crippen LogP contribution < -0.4 is 5.73 Å². The number of rotatable bonds is 3. The molecule has 0 radical (unpaired) electrons. The lowest BCUT2D eigenvalue weighted by Gasteiger charge is -2.32. The first-order valence-electron chi connectivity index (χ1n) is 7.18. The Kier molecular flexibility index (Phi) is 4.69.